The molecule has 0 aliphatic heterocycles. The molecule has 0 aromatic carbocycles. The fraction of sp³-hybridized carbons (Fsp3) is 1.00. The molecule has 1 atom stereocenters. The van der Waals surface area contributed by atoms with Crippen LogP contribution in [-0.2, 0) is 4.74 Å². The Morgan fingerprint density at radius 1 is 1.19 bits per heavy atom. The van der Waals surface area contributed by atoms with Gasteiger partial charge in [-0.3, -0.25) is 0 Å². The van der Waals surface area contributed by atoms with Crippen LogP contribution in [0.25, 0.3) is 0 Å². The zero-order valence-corrected chi connectivity index (χ0v) is 11.1. The second-order valence-corrected chi connectivity index (χ2v) is 5.03. The lowest BCUT2D eigenvalue weighted by Crippen LogP contribution is -2.39. The molecule has 0 saturated heterocycles. The second kappa shape index (κ2) is 9.00. The van der Waals surface area contributed by atoms with Crippen molar-refractivity contribution in [2.75, 3.05) is 19.8 Å². The lowest BCUT2D eigenvalue weighted by molar-refractivity contribution is 0.0914. The molecule has 1 N–H and O–H groups in total. The lowest BCUT2D eigenvalue weighted by atomic mass is 9.99. The summed E-state index contributed by atoms with van der Waals surface area (Å²) in [5.41, 5.74) is 0. The minimum atomic E-state index is 0.610. The van der Waals surface area contributed by atoms with Gasteiger partial charge >= 0.3 is 0 Å². The highest BCUT2D eigenvalue weighted by Crippen LogP contribution is 2.27. The Kier molecular flexibility index (Phi) is 7.87. The predicted octanol–water partition coefficient (Wildman–Crippen LogP) is 3.36. The molecule has 0 amide bonds. The van der Waals surface area contributed by atoms with Gasteiger partial charge < -0.3 is 10.1 Å². The lowest BCUT2D eigenvalue weighted by Gasteiger charge is -2.24. The van der Waals surface area contributed by atoms with E-state index < -0.39 is 0 Å². The SMILES string of the molecule is CCCCOCC(NCCC)C1CCCC1. The number of hydrogen-bond acceptors (Lipinski definition) is 2. The molecule has 0 heterocycles. The van der Waals surface area contributed by atoms with Gasteiger partial charge in [0.2, 0.25) is 0 Å². The summed E-state index contributed by atoms with van der Waals surface area (Å²) in [5.74, 6) is 0.869. The first kappa shape index (κ1) is 14.0. The van der Waals surface area contributed by atoms with Crippen LogP contribution in [0.4, 0.5) is 0 Å². The second-order valence-electron chi connectivity index (χ2n) is 5.03. The molecule has 2 nitrogen and oxygen atoms in total. The molecule has 1 rings (SSSR count). The Hall–Kier alpha value is -0.0800. The quantitative estimate of drug-likeness (QED) is 0.610. The van der Waals surface area contributed by atoms with E-state index in [2.05, 4.69) is 19.2 Å². The highest BCUT2D eigenvalue weighted by Gasteiger charge is 2.24. The maximum atomic E-state index is 5.78. The van der Waals surface area contributed by atoms with Crippen LogP contribution in [0.5, 0.6) is 0 Å². The van der Waals surface area contributed by atoms with Gasteiger partial charge in [-0.1, -0.05) is 33.1 Å². The van der Waals surface area contributed by atoms with Gasteiger partial charge in [-0.15, -0.1) is 0 Å². The minimum Gasteiger partial charge on any atom is -0.380 e. The Morgan fingerprint density at radius 2 is 1.94 bits per heavy atom. The summed E-state index contributed by atoms with van der Waals surface area (Å²) < 4.78 is 5.78. The number of hydrogen-bond donors (Lipinski definition) is 1. The molecule has 0 aromatic heterocycles. The maximum absolute atomic E-state index is 5.78. The molecule has 1 unspecified atom stereocenters. The Balaban J connectivity index is 2.19. The highest BCUT2D eigenvalue weighted by atomic mass is 16.5. The molecule has 1 fully saturated rings. The summed E-state index contributed by atoms with van der Waals surface area (Å²) >= 11 is 0. The number of nitrogens with one attached hydrogen (secondary N) is 1. The minimum absolute atomic E-state index is 0.610. The fourth-order valence-electron chi connectivity index (χ4n) is 2.51. The standard InChI is InChI=1S/C14H29NO/c1-3-5-11-16-12-14(15-10-4-2)13-8-6-7-9-13/h13-15H,3-12H2,1-2H3. The monoisotopic (exact) mass is 227 g/mol. The van der Waals surface area contributed by atoms with Crippen molar-refractivity contribution < 1.29 is 4.74 Å². The topological polar surface area (TPSA) is 21.3 Å². The molecule has 0 radical (unpaired) electrons. The van der Waals surface area contributed by atoms with Gasteiger partial charge in [0.05, 0.1) is 6.61 Å². The van der Waals surface area contributed by atoms with Crippen molar-refractivity contribution in [2.24, 2.45) is 5.92 Å². The summed E-state index contributed by atoms with van der Waals surface area (Å²) in [6.07, 6.45) is 9.30. The molecule has 1 aliphatic rings. The van der Waals surface area contributed by atoms with E-state index in [1.807, 2.05) is 0 Å². The molecule has 0 bridgehead atoms. The van der Waals surface area contributed by atoms with E-state index in [1.165, 1.54) is 44.9 Å². The molecular formula is C14H29NO. The highest BCUT2D eigenvalue weighted by molar-refractivity contribution is 4.80. The molecule has 16 heavy (non-hydrogen) atoms. The van der Waals surface area contributed by atoms with Crippen molar-refractivity contribution in [3.05, 3.63) is 0 Å². The van der Waals surface area contributed by atoms with Gasteiger partial charge in [0.15, 0.2) is 0 Å². The van der Waals surface area contributed by atoms with Crippen LogP contribution in [0.1, 0.15) is 58.8 Å². The summed E-state index contributed by atoms with van der Waals surface area (Å²) in [7, 11) is 0. The van der Waals surface area contributed by atoms with E-state index >= 15 is 0 Å². The average molecular weight is 227 g/mol. The molecule has 0 aromatic rings. The van der Waals surface area contributed by atoms with Crippen LogP contribution in [-0.4, -0.2) is 25.8 Å². The molecule has 2 heteroatoms. The first-order valence-electron chi connectivity index (χ1n) is 7.19. The van der Waals surface area contributed by atoms with Gasteiger partial charge in [0, 0.05) is 12.6 Å². The van der Waals surface area contributed by atoms with Crippen molar-refractivity contribution in [1.82, 2.24) is 5.32 Å². The third-order valence-electron chi connectivity index (χ3n) is 3.57. The normalized spacial score (nSPS) is 19.1. The van der Waals surface area contributed by atoms with Crippen LogP contribution in [0.2, 0.25) is 0 Å². The predicted molar refractivity (Wildman–Crippen MR) is 69.8 cm³/mol. The van der Waals surface area contributed by atoms with Gasteiger partial charge in [-0.05, 0) is 38.1 Å². The van der Waals surface area contributed by atoms with Crippen molar-refractivity contribution >= 4 is 0 Å². The number of rotatable bonds is 9. The Morgan fingerprint density at radius 3 is 2.56 bits per heavy atom. The molecular weight excluding hydrogens is 198 g/mol. The van der Waals surface area contributed by atoms with Crippen molar-refractivity contribution in [2.45, 2.75) is 64.8 Å². The summed E-state index contributed by atoms with van der Waals surface area (Å²) in [5, 5.41) is 3.66. The van der Waals surface area contributed by atoms with Gasteiger partial charge in [0.1, 0.15) is 0 Å². The fourth-order valence-corrected chi connectivity index (χ4v) is 2.51. The van der Waals surface area contributed by atoms with Crippen LogP contribution >= 0.6 is 0 Å². The van der Waals surface area contributed by atoms with E-state index in [0.29, 0.717) is 6.04 Å². The molecule has 1 aliphatic carbocycles. The number of ether oxygens (including phenoxy) is 1. The first-order valence-corrected chi connectivity index (χ1v) is 7.19. The van der Waals surface area contributed by atoms with Gasteiger partial charge in [0.25, 0.3) is 0 Å². The van der Waals surface area contributed by atoms with Crippen molar-refractivity contribution in [3.8, 4) is 0 Å². The Labute approximate surface area is 101 Å². The Bertz CT molecular complexity index is 155. The van der Waals surface area contributed by atoms with Crippen LogP contribution in [0.15, 0.2) is 0 Å². The third kappa shape index (κ3) is 5.31. The zero-order chi connectivity index (χ0) is 11.6. The van der Waals surface area contributed by atoms with Crippen LogP contribution in [0, 0.1) is 5.92 Å². The van der Waals surface area contributed by atoms with E-state index in [1.54, 1.807) is 0 Å². The molecule has 1 saturated carbocycles. The van der Waals surface area contributed by atoms with E-state index in [4.69, 9.17) is 4.74 Å². The summed E-state index contributed by atoms with van der Waals surface area (Å²) in [6.45, 7) is 7.44. The first-order chi connectivity index (χ1) is 7.88. The van der Waals surface area contributed by atoms with Gasteiger partial charge in [-0.25, -0.2) is 0 Å². The van der Waals surface area contributed by atoms with E-state index in [-0.39, 0.29) is 0 Å². The third-order valence-corrected chi connectivity index (χ3v) is 3.57. The summed E-state index contributed by atoms with van der Waals surface area (Å²) in [6, 6.07) is 0.610. The van der Waals surface area contributed by atoms with Crippen molar-refractivity contribution in [1.29, 1.82) is 0 Å². The largest absolute Gasteiger partial charge is 0.380 e. The average Bonchev–Trinajstić information content (AvgIpc) is 2.82. The zero-order valence-electron chi connectivity index (χ0n) is 11.1. The van der Waals surface area contributed by atoms with Crippen molar-refractivity contribution in [3.63, 3.8) is 0 Å². The number of unbranched alkanes of at least 4 members (excludes halogenated alkanes) is 1. The van der Waals surface area contributed by atoms with Crippen LogP contribution in [0.3, 0.4) is 0 Å². The molecule has 96 valence electrons. The van der Waals surface area contributed by atoms with Crippen LogP contribution < -0.4 is 5.32 Å². The molecule has 0 spiro atoms. The smallest absolute Gasteiger partial charge is 0.0622 e. The van der Waals surface area contributed by atoms with E-state index in [0.717, 1.165) is 25.7 Å². The maximum Gasteiger partial charge on any atom is 0.0622 e. The van der Waals surface area contributed by atoms with Gasteiger partial charge in [-0.2, -0.15) is 0 Å². The van der Waals surface area contributed by atoms with E-state index in [9.17, 15) is 0 Å². The summed E-state index contributed by atoms with van der Waals surface area (Å²) in [4.78, 5) is 0.